The number of nitrogens with zero attached hydrogens (tertiary/aromatic N) is 3. The SMILES string of the molecule is CC(C)NS(=O)(=O)c1ccc(N2CC[NH+](Cc3ccncc3)CC2)c([N+](=O)[O-])c1. The molecule has 1 aromatic heterocycles. The summed E-state index contributed by atoms with van der Waals surface area (Å²) in [4.78, 5) is 18.4. The Morgan fingerprint density at radius 3 is 2.45 bits per heavy atom. The zero-order valence-corrected chi connectivity index (χ0v) is 17.4. The monoisotopic (exact) mass is 420 g/mol. The molecule has 0 bridgehead atoms. The van der Waals surface area contributed by atoms with Gasteiger partial charge >= 0.3 is 0 Å². The summed E-state index contributed by atoms with van der Waals surface area (Å²) in [6, 6.07) is 7.82. The van der Waals surface area contributed by atoms with Crippen LogP contribution in [0.2, 0.25) is 0 Å². The molecule has 0 aliphatic carbocycles. The fraction of sp³-hybridized carbons (Fsp3) is 0.421. The van der Waals surface area contributed by atoms with Crippen molar-refractivity contribution < 1.29 is 18.2 Å². The first-order valence-electron chi connectivity index (χ1n) is 9.54. The highest BCUT2D eigenvalue weighted by atomic mass is 32.2. The Labute approximate surface area is 170 Å². The van der Waals surface area contributed by atoms with E-state index in [-0.39, 0.29) is 16.6 Å². The van der Waals surface area contributed by atoms with Gasteiger partial charge in [-0.15, -0.1) is 0 Å². The smallest absolute Gasteiger partial charge is 0.293 e. The molecule has 0 amide bonds. The van der Waals surface area contributed by atoms with Crippen molar-refractivity contribution >= 4 is 21.4 Å². The number of aromatic nitrogens is 1. The molecule has 2 heterocycles. The first-order chi connectivity index (χ1) is 13.8. The number of hydrogen-bond donors (Lipinski definition) is 2. The predicted octanol–water partition coefficient (Wildman–Crippen LogP) is 0.582. The standard InChI is InChI=1S/C19H25N5O4S/c1-15(2)21-29(27,28)17-3-4-18(19(13-17)24(25)26)23-11-9-22(10-12-23)14-16-5-7-20-8-6-16/h3-8,13,15,21H,9-12,14H2,1-2H3/p+1. The third kappa shape index (κ3) is 5.28. The molecular weight excluding hydrogens is 394 g/mol. The van der Waals surface area contributed by atoms with E-state index >= 15 is 0 Å². The minimum atomic E-state index is -3.79. The van der Waals surface area contributed by atoms with Crippen LogP contribution in [0.5, 0.6) is 0 Å². The number of benzene rings is 1. The van der Waals surface area contributed by atoms with Gasteiger partial charge in [0.15, 0.2) is 0 Å². The van der Waals surface area contributed by atoms with Gasteiger partial charge in [0, 0.05) is 30.1 Å². The summed E-state index contributed by atoms with van der Waals surface area (Å²) in [5.41, 5.74) is 1.48. The second-order valence-electron chi connectivity index (χ2n) is 7.45. The molecular formula is C19H26N5O4S+. The lowest BCUT2D eigenvalue weighted by atomic mass is 10.2. The molecule has 1 aromatic carbocycles. The van der Waals surface area contributed by atoms with Gasteiger partial charge in [0.1, 0.15) is 12.2 Å². The van der Waals surface area contributed by atoms with Crippen LogP contribution in [-0.2, 0) is 16.6 Å². The van der Waals surface area contributed by atoms with Crippen LogP contribution in [0.4, 0.5) is 11.4 Å². The van der Waals surface area contributed by atoms with Gasteiger partial charge in [-0.05, 0) is 38.1 Å². The van der Waals surface area contributed by atoms with Gasteiger partial charge in [0.25, 0.3) is 5.69 Å². The number of anilines is 1. The molecule has 0 unspecified atom stereocenters. The van der Waals surface area contributed by atoms with Gasteiger partial charge in [-0.1, -0.05) is 0 Å². The van der Waals surface area contributed by atoms with Gasteiger partial charge in [-0.25, -0.2) is 13.1 Å². The van der Waals surface area contributed by atoms with Crippen molar-refractivity contribution in [1.82, 2.24) is 9.71 Å². The third-order valence-corrected chi connectivity index (χ3v) is 6.52. The molecule has 0 saturated carbocycles. The average molecular weight is 421 g/mol. The number of hydrogen-bond acceptors (Lipinski definition) is 6. The van der Waals surface area contributed by atoms with E-state index in [0.717, 1.165) is 25.7 Å². The van der Waals surface area contributed by atoms with Gasteiger partial charge in [0.05, 0.1) is 36.0 Å². The van der Waals surface area contributed by atoms with Crippen LogP contribution < -0.4 is 14.5 Å². The van der Waals surface area contributed by atoms with Gasteiger partial charge < -0.3 is 9.80 Å². The predicted molar refractivity (Wildman–Crippen MR) is 109 cm³/mol. The molecule has 10 heteroatoms. The zero-order valence-electron chi connectivity index (χ0n) is 16.5. The summed E-state index contributed by atoms with van der Waals surface area (Å²) in [5, 5.41) is 11.6. The first-order valence-corrected chi connectivity index (χ1v) is 11.0. The van der Waals surface area contributed by atoms with E-state index in [9.17, 15) is 18.5 Å². The molecule has 2 aromatic rings. The molecule has 0 spiro atoms. The topological polar surface area (TPSA) is 110 Å². The fourth-order valence-electron chi connectivity index (χ4n) is 3.49. The van der Waals surface area contributed by atoms with Crippen LogP contribution in [0.1, 0.15) is 19.4 Å². The van der Waals surface area contributed by atoms with Gasteiger partial charge in [-0.2, -0.15) is 0 Å². The quantitative estimate of drug-likeness (QED) is 0.501. The summed E-state index contributed by atoms with van der Waals surface area (Å²) in [6.07, 6.45) is 3.55. The number of quaternary nitrogens is 1. The average Bonchev–Trinajstić information content (AvgIpc) is 2.68. The van der Waals surface area contributed by atoms with Crippen molar-refractivity contribution in [3.05, 3.63) is 58.4 Å². The molecule has 0 radical (unpaired) electrons. The highest BCUT2D eigenvalue weighted by Crippen LogP contribution is 2.31. The maximum absolute atomic E-state index is 12.4. The zero-order chi connectivity index (χ0) is 21.0. The molecule has 1 aliphatic heterocycles. The van der Waals surface area contributed by atoms with E-state index in [4.69, 9.17) is 0 Å². The van der Waals surface area contributed by atoms with Crippen molar-refractivity contribution in [1.29, 1.82) is 0 Å². The summed E-state index contributed by atoms with van der Waals surface area (Å²) >= 11 is 0. The van der Waals surface area contributed by atoms with Crippen LogP contribution in [0, 0.1) is 10.1 Å². The van der Waals surface area contributed by atoms with Crippen LogP contribution in [0.15, 0.2) is 47.6 Å². The lowest BCUT2D eigenvalue weighted by Crippen LogP contribution is -3.13. The van der Waals surface area contributed by atoms with Gasteiger partial charge in [-0.3, -0.25) is 15.1 Å². The van der Waals surface area contributed by atoms with E-state index in [1.165, 1.54) is 16.5 Å². The largest absolute Gasteiger partial charge is 0.355 e. The van der Waals surface area contributed by atoms with Crippen LogP contribution in [0.25, 0.3) is 0 Å². The van der Waals surface area contributed by atoms with E-state index in [0.29, 0.717) is 18.8 Å². The Morgan fingerprint density at radius 1 is 1.21 bits per heavy atom. The Morgan fingerprint density at radius 2 is 1.86 bits per heavy atom. The molecule has 3 rings (SSSR count). The van der Waals surface area contributed by atoms with Crippen LogP contribution in [-0.4, -0.2) is 50.5 Å². The number of piperazine rings is 1. The lowest BCUT2D eigenvalue weighted by molar-refractivity contribution is -0.914. The Hall–Kier alpha value is -2.56. The Kier molecular flexibility index (Phi) is 6.46. The second kappa shape index (κ2) is 8.85. The molecule has 0 atom stereocenters. The molecule has 156 valence electrons. The van der Waals surface area contributed by atoms with Crippen LogP contribution >= 0.6 is 0 Å². The van der Waals surface area contributed by atoms with Crippen molar-refractivity contribution in [2.45, 2.75) is 31.3 Å². The molecule has 2 N–H and O–H groups in total. The van der Waals surface area contributed by atoms with Crippen LogP contribution in [0.3, 0.4) is 0 Å². The maximum atomic E-state index is 12.4. The van der Waals surface area contributed by atoms with E-state index in [1.54, 1.807) is 32.3 Å². The number of rotatable bonds is 7. The number of nitrogens with one attached hydrogen (secondary N) is 2. The number of nitro benzene ring substituents is 1. The van der Waals surface area contributed by atoms with Crippen molar-refractivity contribution in [2.24, 2.45) is 0 Å². The molecule has 1 fully saturated rings. The molecule has 9 nitrogen and oxygen atoms in total. The van der Waals surface area contributed by atoms with Gasteiger partial charge in [0.2, 0.25) is 10.0 Å². The normalized spacial score (nSPS) is 15.6. The number of pyridine rings is 1. The van der Waals surface area contributed by atoms with Crippen molar-refractivity contribution in [3.63, 3.8) is 0 Å². The lowest BCUT2D eigenvalue weighted by Gasteiger charge is -2.33. The summed E-state index contributed by atoms with van der Waals surface area (Å²) < 4.78 is 27.2. The summed E-state index contributed by atoms with van der Waals surface area (Å²) in [5.74, 6) is 0. The highest BCUT2D eigenvalue weighted by Gasteiger charge is 2.28. The molecule has 29 heavy (non-hydrogen) atoms. The summed E-state index contributed by atoms with van der Waals surface area (Å²) in [7, 11) is -3.79. The number of nitro groups is 1. The van der Waals surface area contributed by atoms with E-state index < -0.39 is 14.9 Å². The second-order valence-corrected chi connectivity index (χ2v) is 9.17. The number of sulfonamides is 1. The van der Waals surface area contributed by atoms with E-state index in [2.05, 4.69) is 9.71 Å². The molecule has 1 saturated heterocycles. The highest BCUT2D eigenvalue weighted by molar-refractivity contribution is 7.89. The summed E-state index contributed by atoms with van der Waals surface area (Å²) in [6.45, 7) is 7.30. The Bertz CT molecular complexity index is 958. The fourth-order valence-corrected chi connectivity index (χ4v) is 4.76. The molecule has 1 aliphatic rings. The van der Waals surface area contributed by atoms with Crippen molar-refractivity contribution in [3.8, 4) is 0 Å². The van der Waals surface area contributed by atoms with E-state index in [1.807, 2.05) is 17.0 Å². The minimum Gasteiger partial charge on any atom is -0.355 e. The maximum Gasteiger partial charge on any atom is 0.293 e. The minimum absolute atomic E-state index is 0.0939. The Balaban J connectivity index is 1.75. The third-order valence-electron chi connectivity index (χ3n) is 4.86. The van der Waals surface area contributed by atoms with Crippen molar-refractivity contribution in [2.75, 3.05) is 31.1 Å². The first kappa shape index (κ1) is 21.2.